The van der Waals surface area contributed by atoms with Gasteiger partial charge in [-0.15, -0.1) is 0 Å². The van der Waals surface area contributed by atoms with Gasteiger partial charge in [0.2, 0.25) is 0 Å². The third-order valence-electron chi connectivity index (χ3n) is 2.81. The van der Waals surface area contributed by atoms with Crippen LogP contribution < -0.4 is 0 Å². The Bertz CT molecular complexity index is 179. The maximum Gasteiger partial charge on any atom is 0.309 e. The monoisotopic (exact) mass is 266 g/mol. The van der Waals surface area contributed by atoms with Crippen molar-refractivity contribution in [1.29, 1.82) is 0 Å². The number of carboxylic acid groups (broad SMARTS) is 1. The zero-order chi connectivity index (χ0) is 13.3. The minimum absolute atomic E-state index is 0. The summed E-state index contributed by atoms with van der Waals surface area (Å²) in [4.78, 5) is 10.2. The molecule has 0 aromatic carbocycles. The van der Waals surface area contributed by atoms with Crippen LogP contribution in [0.15, 0.2) is 0 Å². The van der Waals surface area contributed by atoms with Gasteiger partial charge in [-0.25, -0.2) is 0 Å². The molecule has 114 valence electrons. The SMILES string of the molecule is C.C.CCC(C(=O)O)C(C)O.CCC(C)C(C)O. The Balaban J connectivity index is -0.000000100. The van der Waals surface area contributed by atoms with E-state index in [1.54, 1.807) is 6.92 Å². The van der Waals surface area contributed by atoms with E-state index < -0.39 is 18.0 Å². The van der Waals surface area contributed by atoms with Crippen LogP contribution >= 0.6 is 0 Å². The van der Waals surface area contributed by atoms with E-state index in [0.717, 1.165) is 6.42 Å². The quantitative estimate of drug-likeness (QED) is 0.714. The van der Waals surface area contributed by atoms with E-state index in [-0.39, 0.29) is 21.0 Å². The minimum atomic E-state index is -0.924. The molecule has 4 nitrogen and oxygen atoms in total. The number of carbonyl (C=O) groups is 1. The first kappa shape index (κ1) is 26.1. The molecule has 0 spiro atoms. The first-order valence-electron chi connectivity index (χ1n) is 5.86. The molecule has 0 saturated heterocycles. The number of hydrogen-bond donors (Lipinski definition) is 3. The van der Waals surface area contributed by atoms with Crippen molar-refractivity contribution in [3.8, 4) is 0 Å². The van der Waals surface area contributed by atoms with Crippen LogP contribution in [0, 0.1) is 11.8 Å². The van der Waals surface area contributed by atoms with Crippen molar-refractivity contribution in [3.63, 3.8) is 0 Å². The average molecular weight is 266 g/mol. The fourth-order valence-electron chi connectivity index (χ4n) is 1.06. The van der Waals surface area contributed by atoms with Gasteiger partial charge in [-0.1, -0.05) is 42.0 Å². The molecule has 3 N–H and O–H groups in total. The molecule has 18 heavy (non-hydrogen) atoms. The van der Waals surface area contributed by atoms with E-state index in [0.29, 0.717) is 12.3 Å². The normalized spacial score (nSPS) is 15.7. The van der Waals surface area contributed by atoms with E-state index in [1.165, 1.54) is 6.92 Å². The molecule has 0 heterocycles. The Morgan fingerprint density at radius 1 is 0.944 bits per heavy atom. The predicted octanol–water partition coefficient (Wildman–Crippen LogP) is 3.16. The second-order valence-corrected chi connectivity index (χ2v) is 4.22. The Kier molecular flexibility index (Phi) is 20.9. The fraction of sp³-hybridized carbons (Fsp3) is 0.929. The van der Waals surface area contributed by atoms with E-state index >= 15 is 0 Å². The second-order valence-electron chi connectivity index (χ2n) is 4.22. The zero-order valence-electron chi connectivity index (χ0n) is 11.0. The first-order valence-corrected chi connectivity index (χ1v) is 5.86. The summed E-state index contributed by atoms with van der Waals surface area (Å²) in [7, 11) is 0. The van der Waals surface area contributed by atoms with Gasteiger partial charge in [0.05, 0.1) is 18.1 Å². The maximum atomic E-state index is 10.2. The summed E-state index contributed by atoms with van der Waals surface area (Å²) in [6, 6.07) is 0. The molecule has 4 unspecified atom stereocenters. The lowest BCUT2D eigenvalue weighted by atomic mass is 10.0. The van der Waals surface area contributed by atoms with Gasteiger partial charge in [-0.05, 0) is 26.2 Å². The summed E-state index contributed by atoms with van der Waals surface area (Å²) >= 11 is 0. The molecule has 0 radical (unpaired) electrons. The number of carboxylic acids is 1. The summed E-state index contributed by atoms with van der Waals surface area (Å²) in [5, 5.41) is 26.0. The highest BCUT2D eigenvalue weighted by molar-refractivity contribution is 5.70. The average Bonchev–Trinajstić information content (AvgIpc) is 2.17. The molecule has 0 bridgehead atoms. The molecule has 0 rings (SSSR count). The molecule has 0 aliphatic rings. The summed E-state index contributed by atoms with van der Waals surface area (Å²) in [6.07, 6.45) is 0.669. The second kappa shape index (κ2) is 14.5. The molecule has 0 aromatic rings. The van der Waals surface area contributed by atoms with Crippen LogP contribution in [0.25, 0.3) is 0 Å². The Morgan fingerprint density at radius 2 is 1.33 bits per heavy atom. The number of rotatable bonds is 5. The molecule has 0 aliphatic heterocycles. The number of aliphatic carboxylic acids is 1. The minimum Gasteiger partial charge on any atom is -0.481 e. The van der Waals surface area contributed by atoms with Crippen molar-refractivity contribution in [3.05, 3.63) is 0 Å². The molecule has 0 saturated carbocycles. The Labute approximate surface area is 113 Å². The highest BCUT2D eigenvalue weighted by Gasteiger charge is 2.19. The van der Waals surface area contributed by atoms with Crippen LogP contribution in [-0.2, 0) is 4.79 Å². The smallest absolute Gasteiger partial charge is 0.309 e. The van der Waals surface area contributed by atoms with Crippen molar-refractivity contribution in [2.75, 3.05) is 0 Å². The Morgan fingerprint density at radius 3 is 1.33 bits per heavy atom. The molecular formula is C14H34O4. The van der Waals surface area contributed by atoms with Crippen LogP contribution in [0.5, 0.6) is 0 Å². The van der Waals surface area contributed by atoms with Gasteiger partial charge in [0.1, 0.15) is 0 Å². The van der Waals surface area contributed by atoms with Crippen LogP contribution in [0.4, 0.5) is 0 Å². The number of aliphatic hydroxyl groups excluding tert-OH is 2. The molecular weight excluding hydrogens is 232 g/mol. The van der Waals surface area contributed by atoms with Gasteiger partial charge >= 0.3 is 5.97 Å². The first-order chi connectivity index (χ1) is 7.27. The van der Waals surface area contributed by atoms with Gasteiger partial charge in [-0.3, -0.25) is 4.79 Å². The van der Waals surface area contributed by atoms with Crippen molar-refractivity contribution in [2.24, 2.45) is 11.8 Å². The van der Waals surface area contributed by atoms with Crippen LogP contribution in [0.3, 0.4) is 0 Å². The number of hydrogen-bond acceptors (Lipinski definition) is 3. The summed E-state index contributed by atoms with van der Waals surface area (Å²) in [6.45, 7) is 9.18. The standard InChI is InChI=1S/C6H12O3.C6H14O.2CH4/c1-3-5(4(2)7)6(8)9;1-4-5(2)6(3)7;;/h4-5,7H,3H2,1-2H3,(H,8,9);5-7H,4H2,1-3H3;2*1H4. The third-order valence-corrected chi connectivity index (χ3v) is 2.81. The van der Waals surface area contributed by atoms with Crippen molar-refractivity contribution in [1.82, 2.24) is 0 Å². The molecule has 4 atom stereocenters. The van der Waals surface area contributed by atoms with Crippen LogP contribution in [-0.4, -0.2) is 33.5 Å². The topological polar surface area (TPSA) is 77.8 Å². The van der Waals surface area contributed by atoms with E-state index in [1.807, 2.05) is 13.8 Å². The van der Waals surface area contributed by atoms with E-state index in [2.05, 4.69) is 6.92 Å². The maximum absolute atomic E-state index is 10.2. The summed E-state index contributed by atoms with van der Waals surface area (Å²) in [5.41, 5.74) is 0. The van der Waals surface area contributed by atoms with Gasteiger partial charge in [0, 0.05) is 0 Å². The largest absolute Gasteiger partial charge is 0.481 e. The van der Waals surface area contributed by atoms with Crippen LogP contribution in [0.2, 0.25) is 0 Å². The van der Waals surface area contributed by atoms with Crippen molar-refractivity contribution < 1.29 is 20.1 Å². The highest BCUT2D eigenvalue weighted by atomic mass is 16.4. The predicted molar refractivity (Wildman–Crippen MR) is 77.7 cm³/mol. The van der Waals surface area contributed by atoms with Crippen molar-refractivity contribution >= 4 is 5.97 Å². The third kappa shape index (κ3) is 13.5. The molecule has 0 fully saturated rings. The Hall–Kier alpha value is -0.610. The van der Waals surface area contributed by atoms with Gasteiger partial charge in [0.25, 0.3) is 0 Å². The lowest BCUT2D eigenvalue weighted by molar-refractivity contribution is -0.145. The zero-order valence-corrected chi connectivity index (χ0v) is 11.0. The van der Waals surface area contributed by atoms with Crippen LogP contribution in [0.1, 0.15) is 62.3 Å². The van der Waals surface area contributed by atoms with Gasteiger partial charge < -0.3 is 15.3 Å². The molecule has 0 amide bonds. The van der Waals surface area contributed by atoms with Crippen molar-refractivity contribution in [2.45, 2.75) is 74.5 Å². The van der Waals surface area contributed by atoms with Gasteiger partial charge in [0.15, 0.2) is 0 Å². The van der Waals surface area contributed by atoms with Gasteiger partial charge in [-0.2, -0.15) is 0 Å². The number of aliphatic hydroxyl groups is 2. The fourth-order valence-corrected chi connectivity index (χ4v) is 1.06. The lowest BCUT2D eigenvalue weighted by Crippen LogP contribution is -2.24. The molecule has 0 aliphatic carbocycles. The summed E-state index contributed by atoms with van der Waals surface area (Å²) in [5.74, 6) is -1.07. The van der Waals surface area contributed by atoms with E-state index in [4.69, 9.17) is 15.3 Å². The highest BCUT2D eigenvalue weighted by Crippen LogP contribution is 2.07. The molecule has 0 aromatic heterocycles. The summed E-state index contributed by atoms with van der Waals surface area (Å²) < 4.78 is 0. The lowest BCUT2D eigenvalue weighted by Gasteiger charge is -2.11. The molecule has 4 heteroatoms. The van der Waals surface area contributed by atoms with E-state index in [9.17, 15) is 4.79 Å².